The van der Waals surface area contributed by atoms with E-state index in [1.807, 2.05) is 78.2 Å². The van der Waals surface area contributed by atoms with E-state index in [1.54, 1.807) is 24.8 Å². The maximum atomic E-state index is 11.3. The molecule has 0 unspecified atom stereocenters. The summed E-state index contributed by atoms with van der Waals surface area (Å²) in [5.41, 5.74) is 6.59. The van der Waals surface area contributed by atoms with Gasteiger partial charge in [0, 0.05) is 36.2 Å². The van der Waals surface area contributed by atoms with Crippen molar-refractivity contribution < 1.29 is 10.0 Å². The maximum absolute atomic E-state index is 11.3. The Morgan fingerprint density at radius 3 is 2.59 bits per heavy atom. The zero-order valence-corrected chi connectivity index (χ0v) is 22.0. The van der Waals surface area contributed by atoms with Crippen molar-refractivity contribution in [2.45, 2.75) is 19.6 Å². The molecule has 1 atom stereocenters. The van der Waals surface area contributed by atoms with Crippen molar-refractivity contribution >= 4 is 22.7 Å². The van der Waals surface area contributed by atoms with Gasteiger partial charge in [-0.25, -0.2) is 9.97 Å². The highest BCUT2D eigenvalue weighted by Crippen LogP contribution is 2.29. The van der Waals surface area contributed by atoms with Gasteiger partial charge in [0.2, 0.25) is 5.95 Å². The number of hydrogen-bond donors (Lipinski definition) is 2. The maximum Gasteiger partial charge on any atom is 0.269 e. The molecule has 0 radical (unpaired) electrons. The van der Waals surface area contributed by atoms with Crippen LogP contribution in [0.4, 0.5) is 11.6 Å². The molecule has 0 saturated heterocycles. The Morgan fingerprint density at radius 1 is 0.951 bits per heavy atom. The van der Waals surface area contributed by atoms with Crippen molar-refractivity contribution in [1.29, 1.82) is 0 Å². The summed E-state index contributed by atoms with van der Waals surface area (Å²) < 4.78 is 1.89. The Kier molecular flexibility index (Phi) is 6.88. The van der Waals surface area contributed by atoms with Crippen LogP contribution in [0.3, 0.4) is 0 Å². The van der Waals surface area contributed by atoms with E-state index in [-0.39, 0.29) is 18.3 Å². The van der Waals surface area contributed by atoms with Gasteiger partial charge < -0.3 is 10.4 Å². The lowest BCUT2D eigenvalue weighted by molar-refractivity contribution is -0.384. The number of benzene rings is 3. The van der Waals surface area contributed by atoms with E-state index in [1.165, 1.54) is 12.1 Å². The summed E-state index contributed by atoms with van der Waals surface area (Å²) in [7, 11) is 0. The number of nitrogens with zero attached hydrogens (tertiary/aromatic N) is 6. The quantitative estimate of drug-likeness (QED) is 0.173. The van der Waals surface area contributed by atoms with Crippen LogP contribution in [0.2, 0.25) is 0 Å². The number of anilines is 1. The average Bonchev–Trinajstić information content (AvgIpc) is 3.45. The molecular formula is C31H25N7O3. The zero-order chi connectivity index (χ0) is 28.3. The van der Waals surface area contributed by atoms with Gasteiger partial charge in [0.1, 0.15) is 12.1 Å². The summed E-state index contributed by atoms with van der Waals surface area (Å²) in [6, 6.07) is 25.5. The van der Waals surface area contributed by atoms with E-state index in [9.17, 15) is 15.2 Å². The molecule has 0 fully saturated rings. The molecule has 0 amide bonds. The molecule has 6 aromatic rings. The normalized spacial score (nSPS) is 11.9. The molecule has 202 valence electrons. The smallest absolute Gasteiger partial charge is 0.269 e. The van der Waals surface area contributed by atoms with Crippen molar-refractivity contribution in [3.05, 3.63) is 125 Å². The number of hydrogen-bond acceptors (Lipinski definition) is 8. The minimum Gasteiger partial charge on any atom is -0.392 e. The van der Waals surface area contributed by atoms with Crippen LogP contribution in [0.1, 0.15) is 24.1 Å². The topological polar surface area (TPSA) is 132 Å². The van der Waals surface area contributed by atoms with E-state index < -0.39 is 4.92 Å². The number of aromatic nitrogens is 5. The summed E-state index contributed by atoms with van der Waals surface area (Å²) in [5.74, 6) is 0.912. The van der Waals surface area contributed by atoms with Crippen LogP contribution in [0.25, 0.3) is 39.2 Å². The Bertz CT molecular complexity index is 1870. The lowest BCUT2D eigenvalue weighted by Crippen LogP contribution is -2.12. The summed E-state index contributed by atoms with van der Waals surface area (Å²) >= 11 is 0. The first kappa shape index (κ1) is 25.8. The van der Waals surface area contributed by atoms with Gasteiger partial charge in [-0.1, -0.05) is 42.5 Å². The molecule has 41 heavy (non-hydrogen) atoms. The molecule has 0 aliphatic carbocycles. The second kappa shape index (κ2) is 10.9. The van der Waals surface area contributed by atoms with Crippen LogP contribution in [-0.2, 0) is 6.61 Å². The van der Waals surface area contributed by atoms with E-state index in [2.05, 4.69) is 15.3 Å². The number of imidazole rings is 1. The number of aliphatic hydroxyl groups excluding tert-OH is 1. The number of aliphatic hydroxyl groups is 1. The van der Waals surface area contributed by atoms with Gasteiger partial charge in [-0.3, -0.25) is 19.7 Å². The number of pyridine rings is 1. The fourth-order valence-corrected chi connectivity index (χ4v) is 4.77. The van der Waals surface area contributed by atoms with Crippen molar-refractivity contribution in [2.24, 2.45) is 0 Å². The SMILES string of the molecule is C[C@H](Nc1nc(-c2ccccc2CO)cc(-n2cnc3cc(-c4ccncc4)ccc32)n1)c1cccc([N+](=O)[O-])c1. The van der Waals surface area contributed by atoms with Crippen LogP contribution < -0.4 is 5.32 Å². The number of nitrogens with one attached hydrogen (secondary N) is 1. The van der Waals surface area contributed by atoms with Gasteiger partial charge in [-0.15, -0.1) is 0 Å². The number of fused-ring (bicyclic) bond motifs is 1. The monoisotopic (exact) mass is 543 g/mol. The van der Waals surface area contributed by atoms with Gasteiger partial charge >= 0.3 is 0 Å². The van der Waals surface area contributed by atoms with Gasteiger partial charge in [-0.2, -0.15) is 4.98 Å². The number of non-ortho nitro benzene ring substituents is 1. The van der Waals surface area contributed by atoms with Gasteiger partial charge in [0.15, 0.2) is 0 Å². The summed E-state index contributed by atoms with van der Waals surface area (Å²) in [5, 5.41) is 24.6. The lowest BCUT2D eigenvalue weighted by atomic mass is 10.0. The third-order valence-corrected chi connectivity index (χ3v) is 6.91. The lowest BCUT2D eigenvalue weighted by Gasteiger charge is -2.17. The molecule has 0 bridgehead atoms. The third kappa shape index (κ3) is 5.23. The summed E-state index contributed by atoms with van der Waals surface area (Å²) in [6.07, 6.45) is 5.24. The standard InChI is InChI=1S/C31H25N7O3/c1-20(22-6-4-7-25(15-22)38(40)41)34-31-35-27(26-8-3-2-5-24(26)18-39)17-30(36-31)37-19-33-28-16-23(9-10-29(28)37)21-11-13-32-14-12-21/h2-17,19-20,39H,18H2,1H3,(H,34,35,36)/t20-/m0/s1. The Hall–Kier alpha value is -5.48. The highest BCUT2D eigenvalue weighted by atomic mass is 16.6. The van der Waals surface area contributed by atoms with Crippen LogP contribution in [-0.4, -0.2) is 34.5 Å². The fourth-order valence-electron chi connectivity index (χ4n) is 4.77. The first-order valence-corrected chi connectivity index (χ1v) is 13.0. The second-order valence-electron chi connectivity index (χ2n) is 9.52. The molecule has 10 heteroatoms. The number of nitro benzene ring substituents is 1. The molecule has 3 aromatic heterocycles. The minimum atomic E-state index is -0.415. The summed E-state index contributed by atoms with van der Waals surface area (Å²) in [6.45, 7) is 1.75. The Balaban J connectivity index is 1.44. The minimum absolute atomic E-state index is 0.0133. The van der Waals surface area contributed by atoms with E-state index in [0.29, 0.717) is 17.5 Å². The molecule has 0 spiro atoms. The zero-order valence-electron chi connectivity index (χ0n) is 22.0. The molecular weight excluding hydrogens is 518 g/mol. The summed E-state index contributed by atoms with van der Waals surface area (Å²) in [4.78, 5) is 29.2. The highest BCUT2D eigenvalue weighted by Gasteiger charge is 2.17. The van der Waals surface area contributed by atoms with Crippen molar-refractivity contribution in [3.8, 4) is 28.2 Å². The van der Waals surface area contributed by atoms with E-state index in [0.717, 1.165) is 38.9 Å². The predicted octanol–water partition coefficient (Wildman–Crippen LogP) is 6.12. The van der Waals surface area contributed by atoms with Crippen molar-refractivity contribution in [2.75, 3.05) is 5.32 Å². The number of nitro groups is 1. The second-order valence-corrected chi connectivity index (χ2v) is 9.52. The molecule has 10 nitrogen and oxygen atoms in total. The molecule has 6 rings (SSSR count). The molecule has 3 aromatic carbocycles. The van der Waals surface area contributed by atoms with Gasteiger partial charge in [-0.05, 0) is 53.4 Å². The predicted molar refractivity (Wildman–Crippen MR) is 156 cm³/mol. The van der Waals surface area contributed by atoms with E-state index >= 15 is 0 Å². The van der Waals surface area contributed by atoms with Crippen LogP contribution in [0.15, 0.2) is 104 Å². The van der Waals surface area contributed by atoms with Crippen LogP contribution in [0, 0.1) is 10.1 Å². The third-order valence-electron chi connectivity index (χ3n) is 6.91. The van der Waals surface area contributed by atoms with Gasteiger partial charge in [0.25, 0.3) is 5.69 Å². The van der Waals surface area contributed by atoms with Crippen LogP contribution >= 0.6 is 0 Å². The first-order valence-electron chi connectivity index (χ1n) is 13.0. The molecule has 0 aliphatic rings. The molecule has 2 N–H and O–H groups in total. The average molecular weight is 544 g/mol. The van der Waals surface area contributed by atoms with Crippen molar-refractivity contribution in [3.63, 3.8) is 0 Å². The highest BCUT2D eigenvalue weighted by molar-refractivity contribution is 5.83. The van der Waals surface area contributed by atoms with E-state index in [4.69, 9.17) is 9.97 Å². The fraction of sp³-hybridized carbons (Fsp3) is 0.0968. The first-order chi connectivity index (χ1) is 20.0. The Labute approximate surface area is 235 Å². The van der Waals surface area contributed by atoms with Crippen molar-refractivity contribution in [1.82, 2.24) is 24.5 Å². The molecule has 3 heterocycles. The van der Waals surface area contributed by atoms with Crippen LogP contribution in [0.5, 0.6) is 0 Å². The largest absolute Gasteiger partial charge is 0.392 e. The number of rotatable bonds is 8. The van der Waals surface area contributed by atoms with Gasteiger partial charge in [0.05, 0.1) is 34.3 Å². The molecule has 0 aliphatic heterocycles. The molecule has 0 saturated carbocycles. The Morgan fingerprint density at radius 2 is 1.78 bits per heavy atom.